The second kappa shape index (κ2) is 9.46. The second-order valence-electron chi connectivity index (χ2n) is 6.62. The molecule has 1 heterocycles. The van der Waals surface area contributed by atoms with E-state index in [9.17, 15) is 4.79 Å². The minimum Gasteiger partial charge on any atom is -0.486 e. The standard InChI is InChI=1S/C22H25N3O2S/c1-16-4-9-20(14-17(16)2)28-13-11-24-22(26)18-5-7-19(8-6-18)27-15-21-23-10-12-25(21)3/h4-10,12,14H,11,13,15H2,1-3H3,(H,24,26). The minimum atomic E-state index is -0.0728. The Kier molecular flexibility index (Phi) is 6.76. The summed E-state index contributed by atoms with van der Waals surface area (Å²) in [6.45, 7) is 5.24. The zero-order chi connectivity index (χ0) is 19.9. The zero-order valence-electron chi connectivity index (χ0n) is 16.4. The molecule has 0 fully saturated rings. The van der Waals surface area contributed by atoms with Crippen LogP contribution >= 0.6 is 11.8 Å². The maximum atomic E-state index is 12.3. The number of carbonyl (C=O) groups excluding carboxylic acids is 1. The van der Waals surface area contributed by atoms with Gasteiger partial charge in [0.05, 0.1) is 0 Å². The Hall–Kier alpha value is -2.73. The Morgan fingerprint density at radius 1 is 1.14 bits per heavy atom. The number of ether oxygens (including phenoxy) is 1. The molecular formula is C22H25N3O2S. The fraction of sp³-hybridized carbons (Fsp3) is 0.273. The van der Waals surface area contributed by atoms with Gasteiger partial charge in [0.15, 0.2) is 0 Å². The van der Waals surface area contributed by atoms with Gasteiger partial charge in [-0.05, 0) is 61.4 Å². The van der Waals surface area contributed by atoms with Gasteiger partial charge < -0.3 is 14.6 Å². The molecule has 0 aliphatic rings. The summed E-state index contributed by atoms with van der Waals surface area (Å²) >= 11 is 1.75. The smallest absolute Gasteiger partial charge is 0.251 e. The number of aryl methyl sites for hydroxylation is 3. The van der Waals surface area contributed by atoms with Gasteiger partial charge in [0.1, 0.15) is 18.2 Å². The summed E-state index contributed by atoms with van der Waals surface area (Å²) in [5, 5.41) is 2.96. The number of hydrogen-bond acceptors (Lipinski definition) is 4. The van der Waals surface area contributed by atoms with Crippen molar-refractivity contribution in [1.29, 1.82) is 0 Å². The normalized spacial score (nSPS) is 10.7. The van der Waals surface area contributed by atoms with Crippen molar-refractivity contribution < 1.29 is 9.53 Å². The van der Waals surface area contributed by atoms with Crippen LogP contribution in [0, 0.1) is 13.8 Å². The van der Waals surface area contributed by atoms with Crippen LogP contribution in [-0.2, 0) is 13.7 Å². The summed E-state index contributed by atoms with van der Waals surface area (Å²) in [6.07, 6.45) is 3.62. The predicted octanol–water partition coefficient (Wildman–Crippen LogP) is 4.14. The van der Waals surface area contributed by atoms with Crippen LogP contribution in [0.25, 0.3) is 0 Å². The molecule has 0 aliphatic heterocycles. The first-order valence-electron chi connectivity index (χ1n) is 9.20. The number of nitrogens with one attached hydrogen (secondary N) is 1. The molecule has 0 bridgehead atoms. The first-order valence-corrected chi connectivity index (χ1v) is 10.2. The Labute approximate surface area is 170 Å². The van der Waals surface area contributed by atoms with Gasteiger partial charge in [-0.1, -0.05) is 6.07 Å². The van der Waals surface area contributed by atoms with Gasteiger partial charge in [-0.15, -0.1) is 11.8 Å². The van der Waals surface area contributed by atoms with Crippen molar-refractivity contribution in [3.05, 3.63) is 77.4 Å². The van der Waals surface area contributed by atoms with Crippen LogP contribution in [0.3, 0.4) is 0 Å². The summed E-state index contributed by atoms with van der Waals surface area (Å²) in [6, 6.07) is 13.6. The van der Waals surface area contributed by atoms with E-state index in [1.54, 1.807) is 30.1 Å². The van der Waals surface area contributed by atoms with E-state index in [1.807, 2.05) is 29.9 Å². The Balaban J connectivity index is 1.42. The van der Waals surface area contributed by atoms with E-state index in [4.69, 9.17) is 4.74 Å². The molecule has 1 aromatic heterocycles. The molecule has 0 saturated heterocycles. The fourth-order valence-electron chi connectivity index (χ4n) is 2.63. The molecule has 0 radical (unpaired) electrons. The molecule has 3 aromatic rings. The molecule has 28 heavy (non-hydrogen) atoms. The Bertz CT molecular complexity index is 935. The Morgan fingerprint density at radius 3 is 2.61 bits per heavy atom. The molecule has 0 saturated carbocycles. The van der Waals surface area contributed by atoms with Crippen molar-refractivity contribution in [2.45, 2.75) is 25.3 Å². The molecule has 146 valence electrons. The van der Waals surface area contributed by atoms with Crippen LogP contribution in [0.5, 0.6) is 5.75 Å². The number of benzene rings is 2. The fourth-order valence-corrected chi connectivity index (χ4v) is 3.49. The summed E-state index contributed by atoms with van der Waals surface area (Å²) < 4.78 is 7.63. The maximum Gasteiger partial charge on any atom is 0.251 e. The van der Waals surface area contributed by atoms with Crippen molar-refractivity contribution in [2.75, 3.05) is 12.3 Å². The number of carbonyl (C=O) groups is 1. The molecule has 0 spiro atoms. The Morgan fingerprint density at radius 2 is 1.93 bits per heavy atom. The monoisotopic (exact) mass is 395 g/mol. The molecule has 3 rings (SSSR count). The first kappa shape index (κ1) is 20.0. The molecule has 0 unspecified atom stereocenters. The van der Waals surface area contributed by atoms with Crippen LogP contribution in [0.2, 0.25) is 0 Å². The van der Waals surface area contributed by atoms with Crippen LogP contribution in [0.15, 0.2) is 59.8 Å². The molecule has 0 atom stereocenters. The van der Waals surface area contributed by atoms with E-state index in [1.165, 1.54) is 16.0 Å². The molecular weight excluding hydrogens is 370 g/mol. The summed E-state index contributed by atoms with van der Waals surface area (Å²) in [5.41, 5.74) is 3.21. The van der Waals surface area contributed by atoms with E-state index in [0.29, 0.717) is 24.5 Å². The van der Waals surface area contributed by atoms with Gasteiger partial charge in [0, 0.05) is 42.2 Å². The van der Waals surface area contributed by atoms with Crippen LogP contribution in [-0.4, -0.2) is 27.8 Å². The van der Waals surface area contributed by atoms with Gasteiger partial charge in [-0.2, -0.15) is 0 Å². The topological polar surface area (TPSA) is 56.1 Å². The van der Waals surface area contributed by atoms with Crippen molar-refractivity contribution in [1.82, 2.24) is 14.9 Å². The van der Waals surface area contributed by atoms with E-state index < -0.39 is 0 Å². The van der Waals surface area contributed by atoms with Gasteiger partial charge in [-0.3, -0.25) is 4.79 Å². The van der Waals surface area contributed by atoms with Crippen molar-refractivity contribution in [3.63, 3.8) is 0 Å². The second-order valence-corrected chi connectivity index (χ2v) is 7.79. The average molecular weight is 396 g/mol. The highest BCUT2D eigenvalue weighted by molar-refractivity contribution is 7.99. The highest BCUT2D eigenvalue weighted by Crippen LogP contribution is 2.20. The number of aromatic nitrogens is 2. The highest BCUT2D eigenvalue weighted by atomic mass is 32.2. The van der Waals surface area contributed by atoms with Crippen molar-refractivity contribution in [3.8, 4) is 5.75 Å². The lowest BCUT2D eigenvalue weighted by atomic mass is 10.1. The molecule has 0 aliphatic carbocycles. The number of rotatable bonds is 8. The van der Waals surface area contributed by atoms with Crippen molar-refractivity contribution >= 4 is 17.7 Å². The van der Waals surface area contributed by atoms with Gasteiger partial charge in [0.2, 0.25) is 0 Å². The molecule has 1 N–H and O–H groups in total. The molecule has 5 nitrogen and oxygen atoms in total. The van der Waals surface area contributed by atoms with Crippen LogP contribution < -0.4 is 10.1 Å². The average Bonchev–Trinajstić information content (AvgIpc) is 3.11. The van der Waals surface area contributed by atoms with E-state index in [2.05, 4.69) is 42.3 Å². The third-order valence-electron chi connectivity index (χ3n) is 4.54. The first-order chi connectivity index (χ1) is 13.5. The lowest BCUT2D eigenvalue weighted by Crippen LogP contribution is -2.25. The zero-order valence-corrected chi connectivity index (χ0v) is 17.3. The van der Waals surface area contributed by atoms with Crippen molar-refractivity contribution in [2.24, 2.45) is 7.05 Å². The van der Waals surface area contributed by atoms with Gasteiger partial charge in [-0.25, -0.2) is 4.98 Å². The van der Waals surface area contributed by atoms with Gasteiger partial charge in [0.25, 0.3) is 5.91 Å². The lowest BCUT2D eigenvalue weighted by molar-refractivity contribution is 0.0956. The third-order valence-corrected chi connectivity index (χ3v) is 5.54. The quantitative estimate of drug-likeness (QED) is 0.460. The van der Waals surface area contributed by atoms with Gasteiger partial charge >= 0.3 is 0 Å². The largest absolute Gasteiger partial charge is 0.486 e. The number of amides is 1. The minimum absolute atomic E-state index is 0.0728. The summed E-state index contributed by atoms with van der Waals surface area (Å²) in [5.74, 6) is 2.32. The van der Waals surface area contributed by atoms with E-state index >= 15 is 0 Å². The van der Waals surface area contributed by atoms with E-state index in [0.717, 1.165) is 11.6 Å². The number of hydrogen-bond donors (Lipinski definition) is 1. The summed E-state index contributed by atoms with van der Waals surface area (Å²) in [4.78, 5) is 17.7. The number of imidazole rings is 1. The molecule has 2 aromatic carbocycles. The van der Waals surface area contributed by atoms with Crippen LogP contribution in [0.4, 0.5) is 0 Å². The highest BCUT2D eigenvalue weighted by Gasteiger charge is 2.06. The third kappa shape index (κ3) is 5.39. The van der Waals surface area contributed by atoms with Crippen LogP contribution in [0.1, 0.15) is 27.3 Å². The maximum absolute atomic E-state index is 12.3. The van der Waals surface area contributed by atoms with E-state index in [-0.39, 0.29) is 5.91 Å². The molecule has 6 heteroatoms. The summed E-state index contributed by atoms with van der Waals surface area (Å²) in [7, 11) is 1.93. The molecule has 1 amide bonds. The SMILES string of the molecule is Cc1ccc(SCCNC(=O)c2ccc(OCc3nccn3C)cc2)cc1C. The number of thioether (sulfide) groups is 1. The lowest BCUT2D eigenvalue weighted by Gasteiger charge is -2.08. The predicted molar refractivity (Wildman–Crippen MR) is 113 cm³/mol. The number of nitrogens with zero attached hydrogens (tertiary/aromatic N) is 2.